The van der Waals surface area contributed by atoms with Gasteiger partial charge in [-0.15, -0.1) is 0 Å². The summed E-state index contributed by atoms with van der Waals surface area (Å²) in [6.07, 6.45) is 19.0. The van der Waals surface area contributed by atoms with E-state index in [1.807, 2.05) is 21.1 Å². The topological polar surface area (TPSA) is 132 Å². The first-order valence-corrected chi connectivity index (χ1v) is 17.0. The summed E-state index contributed by atoms with van der Waals surface area (Å²) in [7, 11) is 1.20. The van der Waals surface area contributed by atoms with E-state index in [-0.39, 0.29) is 19.1 Å². The third-order valence-electron chi connectivity index (χ3n) is 6.58. The predicted molar refractivity (Wildman–Crippen MR) is 158 cm³/mol. The van der Waals surface area contributed by atoms with Gasteiger partial charge >= 0.3 is 6.09 Å². The first-order chi connectivity index (χ1) is 19.6. The number of hydrogen-bond donors (Lipinski definition) is 1. The highest BCUT2D eigenvalue weighted by Gasteiger charge is 2.20. The summed E-state index contributed by atoms with van der Waals surface area (Å²) < 4.78 is 38.0. The van der Waals surface area contributed by atoms with Gasteiger partial charge in [0.15, 0.2) is 6.10 Å². The maximum atomic E-state index is 12.1. The quantitative estimate of drug-likeness (QED) is 0.0704. The van der Waals surface area contributed by atoms with Gasteiger partial charge < -0.3 is 37.7 Å². The number of carbonyl (C=O) groups excluding carboxylic acids is 1. The zero-order valence-corrected chi connectivity index (χ0v) is 26.9. The van der Waals surface area contributed by atoms with Crippen LogP contribution in [0, 0.1) is 0 Å². The number of ether oxygens (including phenoxy) is 2. The third-order valence-corrected chi connectivity index (χ3v) is 7.55. The van der Waals surface area contributed by atoms with Gasteiger partial charge in [0.05, 0.1) is 27.7 Å². The second-order valence-electron chi connectivity index (χ2n) is 11.6. The Hall–Kier alpha value is -1.65. The molecule has 12 heteroatoms. The number of phosphoric ester groups is 1. The average Bonchev–Trinajstić information content (AvgIpc) is 3.42. The van der Waals surface area contributed by atoms with Crippen molar-refractivity contribution in [3.8, 4) is 5.88 Å². The van der Waals surface area contributed by atoms with Crippen molar-refractivity contribution < 1.29 is 41.8 Å². The molecule has 0 fully saturated rings. The van der Waals surface area contributed by atoms with E-state index in [1.54, 1.807) is 0 Å². The number of hydrogen-bond acceptors (Lipinski definition) is 9. The Labute approximate surface area is 247 Å². The molecule has 1 rings (SSSR count). The fourth-order valence-corrected chi connectivity index (χ4v) is 4.82. The van der Waals surface area contributed by atoms with Crippen LogP contribution in [-0.4, -0.2) is 75.9 Å². The normalized spacial score (nSPS) is 14.0. The van der Waals surface area contributed by atoms with E-state index in [1.165, 1.54) is 89.4 Å². The van der Waals surface area contributed by atoms with E-state index >= 15 is 0 Å². The number of quaternary nitrogens is 1. The molecule has 240 valence electrons. The predicted octanol–water partition coefficient (Wildman–Crippen LogP) is 6.23. The van der Waals surface area contributed by atoms with E-state index in [4.69, 9.17) is 23.0 Å². The number of phosphoric acid groups is 1. The minimum atomic E-state index is -4.56. The summed E-state index contributed by atoms with van der Waals surface area (Å²) in [6, 6.07) is 1.46. The number of aromatic nitrogens is 1. The van der Waals surface area contributed by atoms with Crippen molar-refractivity contribution in [2.45, 2.75) is 109 Å². The van der Waals surface area contributed by atoms with Crippen LogP contribution in [0.4, 0.5) is 4.79 Å². The van der Waals surface area contributed by atoms with Crippen LogP contribution < -0.4 is 14.9 Å². The summed E-state index contributed by atoms with van der Waals surface area (Å²) in [5.74, 6) is 0.118. The molecule has 0 aliphatic heterocycles. The van der Waals surface area contributed by atoms with Crippen molar-refractivity contribution in [2.24, 2.45) is 0 Å². The van der Waals surface area contributed by atoms with Crippen LogP contribution in [0.2, 0.25) is 0 Å². The van der Waals surface area contributed by atoms with Crippen molar-refractivity contribution in [1.82, 2.24) is 10.5 Å². The SMILES string of the molecule is CCCCCCCCCCCCCCCCCNC(=O)OCC(COP(=O)([O-])OCC[N+](C)(C)C)Oc1ccon1. The zero-order valence-electron chi connectivity index (χ0n) is 26.0. The monoisotopic (exact) mass is 605 g/mol. The summed E-state index contributed by atoms with van der Waals surface area (Å²) in [4.78, 5) is 24.2. The molecular weight excluding hydrogens is 549 g/mol. The van der Waals surface area contributed by atoms with E-state index in [0.717, 1.165) is 19.3 Å². The lowest BCUT2D eigenvalue weighted by molar-refractivity contribution is -0.870. The van der Waals surface area contributed by atoms with E-state index < -0.39 is 26.6 Å². The molecular formula is C29H56N3O8P. The summed E-state index contributed by atoms with van der Waals surface area (Å²) in [6.45, 7) is 2.59. The van der Waals surface area contributed by atoms with Crippen molar-refractivity contribution in [3.05, 3.63) is 12.3 Å². The van der Waals surface area contributed by atoms with Gasteiger partial charge in [-0.05, 0) is 11.6 Å². The van der Waals surface area contributed by atoms with Gasteiger partial charge in [-0.3, -0.25) is 4.57 Å². The highest BCUT2D eigenvalue weighted by molar-refractivity contribution is 7.45. The van der Waals surface area contributed by atoms with Crippen LogP contribution in [0.15, 0.2) is 16.9 Å². The Balaban J connectivity index is 2.13. The van der Waals surface area contributed by atoms with Crippen molar-refractivity contribution in [1.29, 1.82) is 0 Å². The Kier molecular flexibility index (Phi) is 20.9. The molecule has 1 amide bonds. The highest BCUT2D eigenvalue weighted by Crippen LogP contribution is 2.38. The smallest absolute Gasteiger partial charge is 0.407 e. The molecule has 0 radical (unpaired) electrons. The number of carbonyl (C=O) groups is 1. The molecule has 0 aliphatic rings. The molecule has 2 unspecified atom stereocenters. The standard InChI is InChI=1S/C29H56N3O8P/c1-5-6-7-8-9-10-11-12-13-14-15-16-17-18-19-21-30-29(33)36-25-27(40-28-20-23-37-31-28)26-39-41(34,35)38-24-22-32(2,3)4/h20,23,27H,5-19,21-22,24-26H2,1-4H3,(H-,30,33,34,35). The maximum Gasteiger partial charge on any atom is 0.407 e. The summed E-state index contributed by atoms with van der Waals surface area (Å²) in [5, 5.41) is 6.36. The molecule has 2 atom stereocenters. The molecule has 1 heterocycles. The molecule has 1 N–H and O–H groups in total. The first-order valence-electron chi connectivity index (χ1n) is 15.5. The number of alkyl carbamates (subject to hydrolysis) is 1. The Morgan fingerprint density at radius 3 is 2.00 bits per heavy atom. The minimum absolute atomic E-state index is 0.0166. The second-order valence-corrected chi connectivity index (χ2v) is 13.1. The fourth-order valence-electron chi connectivity index (χ4n) is 4.09. The van der Waals surface area contributed by atoms with Gasteiger partial charge in [0.2, 0.25) is 0 Å². The highest BCUT2D eigenvalue weighted by atomic mass is 31.2. The third kappa shape index (κ3) is 23.6. The number of nitrogens with zero attached hydrogens (tertiary/aromatic N) is 2. The van der Waals surface area contributed by atoms with Crippen LogP contribution in [0.3, 0.4) is 0 Å². The van der Waals surface area contributed by atoms with Crippen molar-refractivity contribution in [2.75, 3.05) is 54.1 Å². The van der Waals surface area contributed by atoms with E-state index in [2.05, 4.69) is 17.4 Å². The van der Waals surface area contributed by atoms with Crippen molar-refractivity contribution in [3.63, 3.8) is 0 Å². The second kappa shape index (κ2) is 22.9. The van der Waals surface area contributed by atoms with Gasteiger partial charge in [-0.25, -0.2) is 4.79 Å². The molecule has 41 heavy (non-hydrogen) atoms. The van der Waals surface area contributed by atoms with Crippen LogP contribution in [0.1, 0.15) is 103 Å². The van der Waals surface area contributed by atoms with Gasteiger partial charge in [0.25, 0.3) is 13.7 Å². The Morgan fingerprint density at radius 1 is 0.927 bits per heavy atom. The molecule has 1 aromatic heterocycles. The Morgan fingerprint density at radius 2 is 1.49 bits per heavy atom. The minimum Gasteiger partial charge on any atom is -0.756 e. The average molecular weight is 606 g/mol. The van der Waals surface area contributed by atoms with Gasteiger partial charge in [-0.1, -0.05) is 96.8 Å². The van der Waals surface area contributed by atoms with Crippen LogP contribution >= 0.6 is 7.82 Å². The van der Waals surface area contributed by atoms with Gasteiger partial charge in [-0.2, -0.15) is 0 Å². The first kappa shape index (κ1) is 37.4. The lowest BCUT2D eigenvalue weighted by atomic mass is 10.0. The molecule has 1 aromatic rings. The van der Waals surface area contributed by atoms with Crippen molar-refractivity contribution >= 4 is 13.9 Å². The summed E-state index contributed by atoms with van der Waals surface area (Å²) in [5.41, 5.74) is 0. The lowest BCUT2D eigenvalue weighted by Crippen LogP contribution is -2.38. The molecule has 0 aliphatic carbocycles. The van der Waals surface area contributed by atoms with Crippen LogP contribution in [0.25, 0.3) is 0 Å². The molecule has 0 bridgehead atoms. The molecule has 11 nitrogen and oxygen atoms in total. The molecule has 0 spiro atoms. The number of unbranched alkanes of at least 4 members (excludes halogenated alkanes) is 14. The maximum absolute atomic E-state index is 12.1. The number of nitrogens with one attached hydrogen (secondary N) is 1. The van der Waals surface area contributed by atoms with Gasteiger partial charge in [0, 0.05) is 12.6 Å². The summed E-state index contributed by atoms with van der Waals surface area (Å²) >= 11 is 0. The van der Waals surface area contributed by atoms with E-state index in [9.17, 15) is 14.3 Å². The van der Waals surface area contributed by atoms with Crippen LogP contribution in [0.5, 0.6) is 5.88 Å². The Bertz CT molecular complexity index is 804. The molecule has 0 saturated heterocycles. The van der Waals surface area contributed by atoms with E-state index in [0.29, 0.717) is 17.6 Å². The largest absolute Gasteiger partial charge is 0.756 e. The number of amides is 1. The van der Waals surface area contributed by atoms with Gasteiger partial charge in [0.1, 0.15) is 26.0 Å². The molecule has 0 saturated carbocycles. The number of rotatable bonds is 27. The molecule has 0 aromatic carbocycles. The zero-order chi connectivity index (χ0) is 30.2. The lowest BCUT2D eigenvalue weighted by Gasteiger charge is -2.28. The van der Waals surface area contributed by atoms with Crippen LogP contribution in [-0.2, 0) is 18.3 Å². The fraction of sp³-hybridized carbons (Fsp3) is 0.862. The number of likely N-dealkylation sites (N-methyl/N-ethyl adjacent to an activating group) is 1.